The van der Waals surface area contributed by atoms with E-state index in [1.165, 1.54) is 56.4 Å². The van der Waals surface area contributed by atoms with Crippen LogP contribution >= 0.6 is 0 Å². The summed E-state index contributed by atoms with van der Waals surface area (Å²) in [4.78, 5) is 6.69. The summed E-state index contributed by atoms with van der Waals surface area (Å²) in [6.45, 7) is 3.59. The Bertz CT molecular complexity index is 494. The number of likely N-dealkylation sites (tertiary alicyclic amines) is 1. The van der Waals surface area contributed by atoms with Gasteiger partial charge in [-0.1, -0.05) is 31.4 Å². The molecule has 0 amide bonds. The molecule has 0 saturated carbocycles. The van der Waals surface area contributed by atoms with E-state index in [1.807, 2.05) is 23.3 Å². The molecule has 0 aliphatic carbocycles. The van der Waals surface area contributed by atoms with E-state index in [0.29, 0.717) is 0 Å². The van der Waals surface area contributed by atoms with Crippen LogP contribution in [0.5, 0.6) is 0 Å². The smallest absolute Gasteiger partial charge is 0.0991 e. The van der Waals surface area contributed by atoms with Gasteiger partial charge in [0.1, 0.15) is 0 Å². The molecule has 20 heavy (non-hydrogen) atoms. The fraction of sp³-hybridized carbons (Fsp3) is 0.471. The van der Waals surface area contributed by atoms with Gasteiger partial charge in [-0.3, -0.25) is 4.90 Å². The van der Waals surface area contributed by atoms with E-state index in [2.05, 4.69) is 34.1 Å². The lowest BCUT2D eigenvalue weighted by Gasteiger charge is -2.24. The summed E-state index contributed by atoms with van der Waals surface area (Å²) in [7, 11) is 0. The quantitative estimate of drug-likeness (QED) is 0.848. The third kappa shape index (κ3) is 3.48. The molecule has 2 aromatic rings. The van der Waals surface area contributed by atoms with Gasteiger partial charge in [-0.15, -0.1) is 0 Å². The Hall–Kier alpha value is -1.61. The van der Waals surface area contributed by atoms with Gasteiger partial charge in [-0.2, -0.15) is 0 Å². The molecule has 1 aromatic carbocycles. The largest absolute Gasteiger partial charge is 0.306 e. The molecule has 0 N–H and O–H groups in total. The van der Waals surface area contributed by atoms with Crippen molar-refractivity contribution in [1.29, 1.82) is 0 Å². The monoisotopic (exact) mass is 269 g/mol. The van der Waals surface area contributed by atoms with E-state index in [4.69, 9.17) is 0 Å². The molecule has 0 bridgehead atoms. The molecule has 0 unspecified atom stereocenters. The molecular weight excluding hydrogens is 246 g/mol. The van der Waals surface area contributed by atoms with Gasteiger partial charge < -0.3 is 4.57 Å². The maximum Gasteiger partial charge on any atom is 0.0991 e. The van der Waals surface area contributed by atoms with Gasteiger partial charge in [-0.05, 0) is 43.6 Å². The molecule has 1 aromatic heterocycles. The van der Waals surface area contributed by atoms with Crippen LogP contribution in [0, 0.1) is 0 Å². The first-order valence-corrected chi connectivity index (χ1v) is 7.71. The highest BCUT2D eigenvalue weighted by molar-refractivity contribution is 5.34. The van der Waals surface area contributed by atoms with Crippen LogP contribution in [-0.4, -0.2) is 27.5 Å². The maximum absolute atomic E-state index is 4.09. The molecule has 1 aliphatic heterocycles. The second-order valence-corrected chi connectivity index (χ2v) is 5.68. The second-order valence-electron chi connectivity index (χ2n) is 5.68. The van der Waals surface area contributed by atoms with Gasteiger partial charge in [0, 0.05) is 24.6 Å². The fourth-order valence-electron chi connectivity index (χ4n) is 2.91. The van der Waals surface area contributed by atoms with Gasteiger partial charge in [-0.25, -0.2) is 4.98 Å². The van der Waals surface area contributed by atoms with Crippen molar-refractivity contribution in [3.63, 3.8) is 0 Å². The van der Waals surface area contributed by atoms with Crippen molar-refractivity contribution in [3.8, 4) is 5.69 Å². The van der Waals surface area contributed by atoms with E-state index in [-0.39, 0.29) is 0 Å². The summed E-state index contributed by atoms with van der Waals surface area (Å²) >= 11 is 0. The number of hydrogen-bond donors (Lipinski definition) is 0. The summed E-state index contributed by atoms with van der Waals surface area (Å²) in [6, 6.07) is 8.85. The minimum absolute atomic E-state index is 1.09. The van der Waals surface area contributed by atoms with Crippen molar-refractivity contribution in [2.24, 2.45) is 0 Å². The molecule has 1 saturated heterocycles. The van der Waals surface area contributed by atoms with Crippen molar-refractivity contribution in [3.05, 3.63) is 48.5 Å². The highest BCUT2D eigenvalue weighted by atomic mass is 15.1. The minimum Gasteiger partial charge on any atom is -0.306 e. The summed E-state index contributed by atoms with van der Waals surface area (Å²) in [5.41, 5.74) is 2.59. The highest BCUT2D eigenvalue weighted by Gasteiger charge is 2.08. The zero-order valence-electron chi connectivity index (χ0n) is 12.0. The summed E-state index contributed by atoms with van der Waals surface area (Å²) < 4.78 is 2.04. The topological polar surface area (TPSA) is 21.1 Å². The Morgan fingerprint density at radius 3 is 2.25 bits per heavy atom. The number of rotatable bonds is 3. The standard InChI is InChI=1S/C17H23N3/c1-2-4-11-19(12-5-3-1)14-16-6-8-17(9-7-16)20-13-10-18-15-20/h6-10,13,15H,1-5,11-12,14H2. The van der Waals surface area contributed by atoms with Crippen molar-refractivity contribution in [2.75, 3.05) is 13.1 Å². The minimum atomic E-state index is 1.09. The van der Waals surface area contributed by atoms with E-state index in [9.17, 15) is 0 Å². The third-order valence-corrected chi connectivity index (χ3v) is 4.09. The predicted octanol–water partition coefficient (Wildman–Crippen LogP) is 3.64. The molecule has 0 atom stereocenters. The molecular formula is C17H23N3. The zero-order chi connectivity index (χ0) is 13.6. The van der Waals surface area contributed by atoms with Crippen molar-refractivity contribution < 1.29 is 0 Å². The molecule has 3 rings (SSSR count). The van der Waals surface area contributed by atoms with Crippen molar-refractivity contribution in [1.82, 2.24) is 14.5 Å². The molecule has 1 fully saturated rings. The van der Waals surface area contributed by atoms with Crippen LogP contribution in [0.1, 0.15) is 37.7 Å². The van der Waals surface area contributed by atoms with Crippen LogP contribution in [0.15, 0.2) is 43.0 Å². The van der Waals surface area contributed by atoms with Crippen LogP contribution in [0.25, 0.3) is 5.69 Å². The Kier molecular flexibility index (Phi) is 4.49. The van der Waals surface area contributed by atoms with Gasteiger partial charge in [0.05, 0.1) is 6.33 Å². The second kappa shape index (κ2) is 6.71. The van der Waals surface area contributed by atoms with Crippen molar-refractivity contribution in [2.45, 2.75) is 38.6 Å². The normalized spacial score (nSPS) is 17.6. The van der Waals surface area contributed by atoms with Gasteiger partial charge in [0.2, 0.25) is 0 Å². The first-order valence-electron chi connectivity index (χ1n) is 7.71. The summed E-state index contributed by atoms with van der Waals surface area (Å²) in [5.74, 6) is 0. The Morgan fingerprint density at radius 2 is 1.60 bits per heavy atom. The lowest BCUT2D eigenvalue weighted by Crippen LogP contribution is -2.26. The van der Waals surface area contributed by atoms with Crippen LogP contribution in [0.4, 0.5) is 0 Å². The third-order valence-electron chi connectivity index (χ3n) is 4.09. The highest BCUT2D eigenvalue weighted by Crippen LogP contribution is 2.15. The number of imidazole rings is 1. The van der Waals surface area contributed by atoms with Gasteiger partial charge in [0.15, 0.2) is 0 Å². The number of nitrogens with zero attached hydrogens (tertiary/aromatic N) is 3. The van der Waals surface area contributed by atoms with Crippen LogP contribution in [0.2, 0.25) is 0 Å². The Balaban J connectivity index is 1.62. The first-order chi connectivity index (χ1) is 9.92. The molecule has 3 nitrogen and oxygen atoms in total. The molecule has 106 valence electrons. The average molecular weight is 269 g/mol. The molecule has 0 radical (unpaired) electrons. The lowest BCUT2D eigenvalue weighted by molar-refractivity contribution is 0.240. The predicted molar refractivity (Wildman–Crippen MR) is 81.9 cm³/mol. The zero-order valence-corrected chi connectivity index (χ0v) is 12.0. The van der Waals surface area contributed by atoms with E-state index in [0.717, 1.165) is 6.54 Å². The van der Waals surface area contributed by atoms with Crippen LogP contribution in [-0.2, 0) is 6.54 Å². The fourth-order valence-corrected chi connectivity index (χ4v) is 2.91. The number of hydrogen-bond acceptors (Lipinski definition) is 2. The molecule has 0 spiro atoms. The van der Waals surface area contributed by atoms with Gasteiger partial charge in [0.25, 0.3) is 0 Å². The molecule has 2 heterocycles. The van der Waals surface area contributed by atoms with Crippen LogP contribution < -0.4 is 0 Å². The first kappa shape index (κ1) is 13.4. The van der Waals surface area contributed by atoms with Crippen molar-refractivity contribution >= 4 is 0 Å². The average Bonchev–Trinajstić information content (AvgIpc) is 2.96. The summed E-state index contributed by atoms with van der Waals surface area (Å²) in [5, 5.41) is 0. The Morgan fingerprint density at radius 1 is 0.900 bits per heavy atom. The van der Waals surface area contributed by atoms with Gasteiger partial charge >= 0.3 is 0 Å². The van der Waals surface area contributed by atoms with E-state index < -0.39 is 0 Å². The number of aromatic nitrogens is 2. The van der Waals surface area contributed by atoms with E-state index in [1.54, 1.807) is 0 Å². The summed E-state index contributed by atoms with van der Waals surface area (Å²) in [6.07, 6.45) is 12.6. The lowest BCUT2D eigenvalue weighted by atomic mass is 10.1. The SMILES string of the molecule is c1cn(-c2ccc(CN3CCCCCCC3)cc2)cn1. The molecule has 3 heteroatoms. The van der Waals surface area contributed by atoms with E-state index >= 15 is 0 Å². The molecule has 1 aliphatic rings. The maximum atomic E-state index is 4.09. The Labute approximate surface area is 121 Å². The van der Waals surface area contributed by atoms with Crippen LogP contribution in [0.3, 0.4) is 0 Å². The number of benzene rings is 1.